The molecule has 0 spiro atoms. The Morgan fingerprint density at radius 3 is 2.05 bits per heavy atom. The monoisotopic (exact) mass is 791 g/mol. The minimum Gasteiger partial charge on any atom is -0.497 e. The van der Waals surface area contributed by atoms with Crippen molar-refractivity contribution in [2.75, 3.05) is 35.0 Å². The number of aromatic nitrogens is 1. The Bertz CT molecular complexity index is 2380. The number of methoxy groups -OCH3 is 4. The van der Waals surface area contributed by atoms with Crippen LogP contribution < -0.4 is 24.7 Å². The number of ether oxygens (including phenoxy) is 5. The number of fused-ring (bicyclic) bond motifs is 2. The Labute approximate surface area is 325 Å². The molecule has 15 heteroatoms. The maximum Gasteiger partial charge on any atom is 0.420 e. The van der Waals surface area contributed by atoms with Crippen molar-refractivity contribution < 1.29 is 45.7 Å². The third kappa shape index (κ3) is 7.91. The van der Waals surface area contributed by atoms with Gasteiger partial charge in [-0.1, -0.05) is 30.3 Å². The maximum absolute atomic E-state index is 16.7. The van der Waals surface area contributed by atoms with Gasteiger partial charge in [-0.3, -0.25) is 4.57 Å². The van der Waals surface area contributed by atoms with Crippen LogP contribution in [0.15, 0.2) is 80.8 Å². The van der Waals surface area contributed by atoms with Crippen LogP contribution in [0.5, 0.6) is 23.0 Å². The smallest absolute Gasteiger partial charge is 0.420 e. The van der Waals surface area contributed by atoms with E-state index in [1.165, 1.54) is 39.1 Å². The van der Waals surface area contributed by atoms with E-state index in [0.717, 1.165) is 27.1 Å². The summed E-state index contributed by atoms with van der Waals surface area (Å²) in [6.45, 7) is 7.42. The summed E-state index contributed by atoms with van der Waals surface area (Å²) in [4.78, 5) is 27.5. The number of halogens is 1. The maximum atomic E-state index is 16.7. The molecule has 1 aliphatic heterocycles. The molecule has 13 nitrogen and oxygen atoms in total. The lowest BCUT2D eigenvalue weighted by molar-refractivity contribution is 0.0223. The van der Waals surface area contributed by atoms with Gasteiger partial charge in [-0.15, -0.1) is 0 Å². The van der Waals surface area contributed by atoms with Crippen LogP contribution in [0.1, 0.15) is 61.6 Å². The molecule has 2 heterocycles. The van der Waals surface area contributed by atoms with E-state index in [9.17, 15) is 18.0 Å². The number of hydrogen-bond donors (Lipinski definition) is 0. The molecule has 1 atom stereocenters. The van der Waals surface area contributed by atoms with E-state index in [2.05, 4.69) is 0 Å². The molecule has 0 bridgehead atoms. The lowest BCUT2D eigenvalue weighted by Crippen LogP contribution is -2.40. The molecule has 56 heavy (non-hydrogen) atoms. The fourth-order valence-electron chi connectivity index (χ4n) is 6.95. The Balaban J connectivity index is 1.40. The second-order valence-corrected chi connectivity index (χ2v) is 16.3. The van der Waals surface area contributed by atoms with E-state index in [4.69, 9.17) is 28.1 Å². The molecule has 0 radical (unpaired) electrons. The van der Waals surface area contributed by atoms with E-state index >= 15 is 4.39 Å². The number of carbonyl (C=O) groups is 1. The summed E-state index contributed by atoms with van der Waals surface area (Å²) < 4.78 is 81.2. The van der Waals surface area contributed by atoms with Crippen LogP contribution in [0.25, 0.3) is 11.1 Å². The van der Waals surface area contributed by atoms with Crippen molar-refractivity contribution in [1.29, 1.82) is 0 Å². The third-order valence-corrected chi connectivity index (χ3v) is 11.6. The zero-order valence-electron chi connectivity index (χ0n) is 32.7. The Morgan fingerprint density at radius 1 is 0.893 bits per heavy atom. The molecule has 298 valence electrons. The highest BCUT2D eigenvalue weighted by Crippen LogP contribution is 2.36. The van der Waals surface area contributed by atoms with Crippen LogP contribution in [0, 0.1) is 5.82 Å². The number of sulfonamides is 1. The van der Waals surface area contributed by atoms with Gasteiger partial charge in [0.1, 0.15) is 33.5 Å². The standard InChI is InChI=1S/C41H46FN3O10S/c1-25(31-11-9-10-26-18-19-43(24-32(26)31)39(46)55-41(2,3)4)45-33-16-17-36(37(42)38(33)54-40(45)47)56(48,49)44(22-27-12-14-29(50-5)20-34(27)52-7)23-28-13-15-30(51-6)21-35(28)53-8/h9-17,20-21,25H,18-19,22-24H2,1-8H3/t25-/m0/s1. The van der Waals surface area contributed by atoms with Gasteiger partial charge in [-0.05, 0) is 75.1 Å². The van der Waals surface area contributed by atoms with Crippen molar-refractivity contribution in [3.63, 3.8) is 0 Å². The number of rotatable bonds is 12. The Kier molecular flexibility index (Phi) is 11.4. The van der Waals surface area contributed by atoms with Gasteiger partial charge in [-0.2, -0.15) is 4.31 Å². The van der Waals surface area contributed by atoms with Crippen molar-refractivity contribution >= 4 is 27.2 Å². The SMILES string of the molecule is COc1ccc(CN(Cc2ccc(OC)cc2OC)S(=O)(=O)c2ccc3c(oc(=O)n3[C@@H](C)c3cccc4c3CN(C(=O)OC(C)(C)C)CC4)c2F)c(OC)c1. The van der Waals surface area contributed by atoms with Crippen LogP contribution in [0.2, 0.25) is 0 Å². The van der Waals surface area contributed by atoms with E-state index in [1.54, 1.807) is 69.0 Å². The summed E-state index contributed by atoms with van der Waals surface area (Å²) in [7, 11) is 1.25. The Hall–Kier alpha value is -5.54. The minimum absolute atomic E-state index is 0.0663. The second-order valence-electron chi connectivity index (χ2n) is 14.4. The first-order valence-corrected chi connectivity index (χ1v) is 19.4. The summed E-state index contributed by atoms with van der Waals surface area (Å²) in [6, 6.07) is 17.4. The zero-order valence-corrected chi connectivity index (χ0v) is 33.5. The fraction of sp³-hybridized carbons (Fsp3) is 0.366. The average Bonchev–Trinajstić information content (AvgIpc) is 3.52. The van der Waals surface area contributed by atoms with Crippen LogP contribution in [0.4, 0.5) is 9.18 Å². The predicted molar refractivity (Wildman–Crippen MR) is 207 cm³/mol. The molecular weight excluding hydrogens is 746 g/mol. The molecule has 0 saturated heterocycles. The van der Waals surface area contributed by atoms with Gasteiger partial charge < -0.3 is 33.0 Å². The molecule has 0 fully saturated rings. The van der Waals surface area contributed by atoms with Gasteiger partial charge in [0.25, 0.3) is 0 Å². The first-order chi connectivity index (χ1) is 26.6. The van der Waals surface area contributed by atoms with Crippen LogP contribution in [-0.2, 0) is 40.8 Å². The van der Waals surface area contributed by atoms with Crippen LogP contribution in [0.3, 0.4) is 0 Å². The summed E-state index contributed by atoms with van der Waals surface area (Å²) in [5, 5.41) is 0. The van der Waals surface area contributed by atoms with E-state index in [0.29, 0.717) is 47.1 Å². The summed E-state index contributed by atoms with van der Waals surface area (Å²) in [6.07, 6.45) is 0.130. The van der Waals surface area contributed by atoms with Gasteiger partial charge >= 0.3 is 11.8 Å². The summed E-state index contributed by atoms with van der Waals surface area (Å²) in [5.74, 6) is -0.378. The Morgan fingerprint density at radius 2 is 1.50 bits per heavy atom. The third-order valence-electron chi connectivity index (χ3n) is 9.78. The molecule has 4 aromatic carbocycles. The second kappa shape index (κ2) is 15.9. The number of benzene rings is 4. The quantitative estimate of drug-likeness (QED) is 0.129. The number of oxazole rings is 1. The number of carbonyl (C=O) groups excluding carboxylic acids is 1. The molecule has 0 N–H and O–H groups in total. The first-order valence-electron chi connectivity index (χ1n) is 17.9. The van der Waals surface area contributed by atoms with Crippen molar-refractivity contribution in [3.8, 4) is 23.0 Å². The lowest BCUT2D eigenvalue weighted by Gasteiger charge is -2.33. The van der Waals surface area contributed by atoms with E-state index in [-0.39, 0.29) is 25.2 Å². The van der Waals surface area contributed by atoms with Crippen molar-refractivity contribution in [3.05, 3.63) is 111 Å². The molecule has 1 amide bonds. The number of nitrogens with zero attached hydrogens (tertiary/aromatic N) is 3. The predicted octanol–water partition coefficient (Wildman–Crippen LogP) is 7.06. The van der Waals surface area contributed by atoms with Crippen molar-refractivity contribution in [2.45, 2.75) is 70.3 Å². The molecule has 1 aliphatic rings. The highest BCUT2D eigenvalue weighted by atomic mass is 32.2. The highest BCUT2D eigenvalue weighted by Gasteiger charge is 2.34. The van der Waals surface area contributed by atoms with Gasteiger partial charge in [0, 0.05) is 49.4 Å². The summed E-state index contributed by atoms with van der Waals surface area (Å²) in [5.41, 5.74) is 2.43. The molecular formula is C41H46FN3O10S. The van der Waals surface area contributed by atoms with E-state index in [1.807, 2.05) is 18.2 Å². The lowest BCUT2D eigenvalue weighted by atomic mass is 9.91. The van der Waals surface area contributed by atoms with E-state index < -0.39 is 49.8 Å². The zero-order chi connectivity index (χ0) is 40.5. The van der Waals surface area contributed by atoms with Crippen LogP contribution >= 0.6 is 0 Å². The van der Waals surface area contributed by atoms with Gasteiger partial charge in [0.2, 0.25) is 10.0 Å². The van der Waals surface area contributed by atoms with Crippen molar-refractivity contribution in [1.82, 2.24) is 13.8 Å². The molecule has 6 rings (SSSR count). The highest BCUT2D eigenvalue weighted by molar-refractivity contribution is 7.89. The van der Waals surface area contributed by atoms with Gasteiger partial charge in [0.15, 0.2) is 11.4 Å². The normalized spacial score (nSPS) is 13.7. The first kappa shape index (κ1) is 40.1. The summed E-state index contributed by atoms with van der Waals surface area (Å²) >= 11 is 0. The fourth-order valence-corrected chi connectivity index (χ4v) is 8.40. The largest absolute Gasteiger partial charge is 0.497 e. The molecule has 1 aromatic heterocycles. The average molecular weight is 792 g/mol. The molecule has 0 saturated carbocycles. The van der Waals surface area contributed by atoms with Gasteiger partial charge in [0.05, 0.1) is 40.0 Å². The molecule has 5 aromatic rings. The topological polar surface area (TPSA) is 139 Å². The van der Waals surface area contributed by atoms with Crippen molar-refractivity contribution in [2.24, 2.45) is 0 Å². The molecule has 0 unspecified atom stereocenters. The number of hydrogen-bond acceptors (Lipinski definition) is 10. The molecule has 0 aliphatic carbocycles. The van der Waals surface area contributed by atoms with Crippen LogP contribution in [-0.4, -0.2) is 68.9 Å². The van der Waals surface area contributed by atoms with Gasteiger partial charge in [-0.25, -0.2) is 22.4 Å². The number of amides is 1. The minimum atomic E-state index is -4.65.